The van der Waals surface area contributed by atoms with Crippen LogP contribution in [0.3, 0.4) is 0 Å². The lowest BCUT2D eigenvalue weighted by Gasteiger charge is -2.23. The van der Waals surface area contributed by atoms with Crippen LogP contribution >= 0.6 is 12.2 Å². The number of nitrogens with one attached hydrogen (secondary N) is 2. The highest BCUT2D eigenvalue weighted by Crippen LogP contribution is 1.99. The molecule has 0 aromatic heterocycles. The van der Waals surface area contributed by atoms with Crippen molar-refractivity contribution in [1.82, 2.24) is 15.5 Å². The standard InChI is InChI=1S/C15H30N4O2S/c1-3-5-7-9-13(20)17-11-19(15(16)22)12-18-14(21)10-8-6-4-2/h3-12H2,1-2H3,(H2,16,22)(H,17,20)(H,18,21). The zero-order valence-electron chi connectivity index (χ0n) is 13.8. The first kappa shape index (κ1) is 20.6. The Morgan fingerprint density at radius 3 is 1.64 bits per heavy atom. The van der Waals surface area contributed by atoms with E-state index in [1.54, 1.807) is 4.90 Å². The number of nitrogens with zero attached hydrogens (tertiary/aromatic N) is 1. The van der Waals surface area contributed by atoms with Crippen LogP contribution < -0.4 is 16.4 Å². The fourth-order valence-electron chi connectivity index (χ4n) is 1.83. The molecule has 0 heterocycles. The van der Waals surface area contributed by atoms with Gasteiger partial charge in [0.2, 0.25) is 11.8 Å². The van der Waals surface area contributed by atoms with Gasteiger partial charge in [0, 0.05) is 12.8 Å². The molecule has 0 atom stereocenters. The predicted octanol–water partition coefficient (Wildman–Crippen LogP) is 1.84. The molecule has 2 amide bonds. The van der Waals surface area contributed by atoms with Crippen molar-refractivity contribution in [2.45, 2.75) is 65.2 Å². The molecule has 0 aromatic carbocycles. The Morgan fingerprint density at radius 2 is 1.32 bits per heavy atom. The molecule has 0 rings (SSSR count). The van der Waals surface area contributed by atoms with Gasteiger partial charge in [-0.15, -0.1) is 0 Å². The molecular formula is C15H30N4O2S. The van der Waals surface area contributed by atoms with Crippen LogP contribution in [0.25, 0.3) is 0 Å². The van der Waals surface area contributed by atoms with Gasteiger partial charge in [0.1, 0.15) is 0 Å². The van der Waals surface area contributed by atoms with Gasteiger partial charge in [-0.25, -0.2) is 0 Å². The van der Waals surface area contributed by atoms with E-state index in [2.05, 4.69) is 24.5 Å². The van der Waals surface area contributed by atoms with E-state index in [0.29, 0.717) is 12.8 Å². The fraction of sp³-hybridized carbons (Fsp3) is 0.800. The van der Waals surface area contributed by atoms with Crippen LogP contribution in [0.5, 0.6) is 0 Å². The van der Waals surface area contributed by atoms with Crippen LogP contribution in [0.1, 0.15) is 65.2 Å². The summed E-state index contributed by atoms with van der Waals surface area (Å²) in [6, 6.07) is 0. The minimum absolute atomic E-state index is 0.0241. The van der Waals surface area contributed by atoms with Crippen LogP contribution in [0.4, 0.5) is 0 Å². The number of hydrogen-bond acceptors (Lipinski definition) is 3. The van der Waals surface area contributed by atoms with E-state index in [0.717, 1.165) is 38.5 Å². The highest BCUT2D eigenvalue weighted by Gasteiger charge is 2.10. The Hall–Kier alpha value is -1.37. The molecule has 22 heavy (non-hydrogen) atoms. The molecule has 0 aliphatic heterocycles. The lowest BCUT2D eigenvalue weighted by atomic mass is 10.2. The molecular weight excluding hydrogens is 300 g/mol. The quantitative estimate of drug-likeness (QED) is 0.289. The van der Waals surface area contributed by atoms with Crippen LogP contribution in [0, 0.1) is 0 Å². The average molecular weight is 330 g/mol. The van der Waals surface area contributed by atoms with Crippen LogP contribution in [-0.4, -0.2) is 35.2 Å². The average Bonchev–Trinajstić information content (AvgIpc) is 2.47. The summed E-state index contributed by atoms with van der Waals surface area (Å²) in [5, 5.41) is 5.69. The zero-order valence-corrected chi connectivity index (χ0v) is 14.6. The van der Waals surface area contributed by atoms with E-state index in [4.69, 9.17) is 18.0 Å². The Morgan fingerprint density at radius 1 is 0.909 bits per heavy atom. The maximum absolute atomic E-state index is 11.6. The number of nitrogens with two attached hydrogens (primary N) is 1. The monoisotopic (exact) mass is 330 g/mol. The van der Waals surface area contributed by atoms with Crippen molar-refractivity contribution in [3.05, 3.63) is 0 Å². The topological polar surface area (TPSA) is 87.5 Å². The lowest BCUT2D eigenvalue weighted by molar-refractivity contribution is -0.121. The molecule has 128 valence electrons. The second-order valence-corrected chi connectivity index (χ2v) is 5.73. The summed E-state index contributed by atoms with van der Waals surface area (Å²) in [6.07, 6.45) is 7.01. The number of rotatable bonds is 12. The van der Waals surface area contributed by atoms with E-state index in [1.807, 2.05) is 0 Å². The SMILES string of the molecule is CCCCCC(=O)NCN(CNC(=O)CCCCC)C(N)=S. The Kier molecular flexibility index (Phi) is 12.5. The van der Waals surface area contributed by atoms with Crippen LogP contribution in [0.2, 0.25) is 0 Å². The molecule has 6 nitrogen and oxygen atoms in total. The van der Waals surface area contributed by atoms with Gasteiger partial charge in [-0.2, -0.15) is 0 Å². The second kappa shape index (κ2) is 13.3. The normalized spacial score (nSPS) is 10.1. The van der Waals surface area contributed by atoms with Crippen LogP contribution in [-0.2, 0) is 9.59 Å². The minimum Gasteiger partial charge on any atom is -0.376 e. The number of hydrogen-bond donors (Lipinski definition) is 3. The third-order valence-electron chi connectivity index (χ3n) is 3.26. The van der Waals surface area contributed by atoms with Crippen molar-refractivity contribution >= 4 is 29.1 Å². The zero-order chi connectivity index (χ0) is 16.8. The summed E-state index contributed by atoms with van der Waals surface area (Å²) in [7, 11) is 0. The van der Waals surface area contributed by atoms with Gasteiger partial charge in [0.05, 0.1) is 13.3 Å². The summed E-state index contributed by atoms with van der Waals surface area (Å²) in [6.45, 7) is 4.62. The molecule has 0 fully saturated rings. The molecule has 4 N–H and O–H groups in total. The summed E-state index contributed by atoms with van der Waals surface area (Å²) < 4.78 is 0. The summed E-state index contributed by atoms with van der Waals surface area (Å²) in [4.78, 5) is 24.9. The first-order valence-electron chi connectivity index (χ1n) is 8.09. The summed E-state index contributed by atoms with van der Waals surface area (Å²) >= 11 is 4.93. The number of thiocarbonyl (C=S) groups is 1. The smallest absolute Gasteiger partial charge is 0.221 e. The van der Waals surface area contributed by atoms with Crippen molar-refractivity contribution < 1.29 is 9.59 Å². The van der Waals surface area contributed by atoms with Gasteiger partial charge in [-0.05, 0) is 25.1 Å². The summed E-state index contributed by atoms with van der Waals surface area (Å²) in [5.41, 5.74) is 5.61. The molecule has 0 unspecified atom stereocenters. The van der Waals surface area contributed by atoms with E-state index >= 15 is 0 Å². The van der Waals surface area contributed by atoms with Crippen molar-refractivity contribution in [3.63, 3.8) is 0 Å². The molecule has 0 aliphatic rings. The molecule has 0 aromatic rings. The van der Waals surface area contributed by atoms with Gasteiger partial charge in [0.25, 0.3) is 0 Å². The Labute approximate surface area is 139 Å². The largest absolute Gasteiger partial charge is 0.376 e. The Bertz CT molecular complexity index is 324. The lowest BCUT2D eigenvalue weighted by Crippen LogP contribution is -2.48. The molecule has 0 saturated carbocycles. The number of amides is 2. The molecule has 0 radical (unpaired) electrons. The maximum Gasteiger partial charge on any atom is 0.221 e. The van der Waals surface area contributed by atoms with Gasteiger partial charge in [-0.1, -0.05) is 39.5 Å². The molecule has 7 heteroatoms. The number of carbonyl (C=O) groups excluding carboxylic acids is 2. The van der Waals surface area contributed by atoms with Crippen molar-refractivity contribution in [2.75, 3.05) is 13.3 Å². The first-order chi connectivity index (χ1) is 10.5. The maximum atomic E-state index is 11.6. The van der Waals surface area contributed by atoms with Crippen LogP contribution in [0.15, 0.2) is 0 Å². The number of carbonyl (C=O) groups is 2. The van der Waals surface area contributed by atoms with E-state index in [-0.39, 0.29) is 30.3 Å². The van der Waals surface area contributed by atoms with Crippen molar-refractivity contribution in [3.8, 4) is 0 Å². The minimum atomic E-state index is -0.0241. The van der Waals surface area contributed by atoms with Crippen molar-refractivity contribution in [1.29, 1.82) is 0 Å². The molecule has 0 saturated heterocycles. The molecule has 0 bridgehead atoms. The summed E-state index contributed by atoms with van der Waals surface area (Å²) in [5.74, 6) is -0.0482. The highest BCUT2D eigenvalue weighted by molar-refractivity contribution is 7.80. The fourth-order valence-corrected chi connectivity index (χ4v) is 1.96. The highest BCUT2D eigenvalue weighted by atomic mass is 32.1. The van der Waals surface area contributed by atoms with Gasteiger partial charge < -0.3 is 21.3 Å². The Balaban J connectivity index is 3.98. The first-order valence-corrected chi connectivity index (χ1v) is 8.49. The predicted molar refractivity (Wildman–Crippen MR) is 92.9 cm³/mol. The van der Waals surface area contributed by atoms with E-state index in [9.17, 15) is 9.59 Å². The molecule has 0 spiro atoms. The van der Waals surface area contributed by atoms with E-state index < -0.39 is 0 Å². The number of unbranched alkanes of at least 4 members (excludes halogenated alkanes) is 4. The van der Waals surface area contributed by atoms with Gasteiger partial charge >= 0.3 is 0 Å². The van der Waals surface area contributed by atoms with Gasteiger partial charge in [-0.3, -0.25) is 9.59 Å². The van der Waals surface area contributed by atoms with E-state index in [1.165, 1.54) is 0 Å². The van der Waals surface area contributed by atoms with Crippen molar-refractivity contribution in [2.24, 2.45) is 5.73 Å². The second-order valence-electron chi connectivity index (χ2n) is 5.31. The molecule has 0 aliphatic carbocycles. The van der Waals surface area contributed by atoms with Gasteiger partial charge in [0.15, 0.2) is 5.11 Å². The third-order valence-corrected chi connectivity index (χ3v) is 3.52. The third kappa shape index (κ3) is 11.3.